The van der Waals surface area contributed by atoms with Crippen LogP contribution in [0.3, 0.4) is 0 Å². The maximum Gasteiger partial charge on any atom is 0.254 e. The lowest BCUT2D eigenvalue weighted by atomic mass is 10.1. The van der Waals surface area contributed by atoms with Gasteiger partial charge in [-0.3, -0.25) is 14.4 Å². The molecule has 3 N–H and O–H groups in total. The Morgan fingerprint density at radius 3 is 2.65 bits per heavy atom. The van der Waals surface area contributed by atoms with Crippen molar-refractivity contribution in [2.75, 3.05) is 11.9 Å². The number of hydrogen-bond acceptors (Lipinski definition) is 4. The predicted molar refractivity (Wildman–Crippen MR) is 97.4 cm³/mol. The Labute approximate surface area is 152 Å². The Morgan fingerprint density at radius 1 is 1.15 bits per heavy atom. The van der Waals surface area contributed by atoms with Crippen molar-refractivity contribution >= 4 is 23.4 Å². The Hall–Kier alpha value is -3.09. The Bertz CT molecular complexity index is 756. The van der Waals surface area contributed by atoms with Crippen LogP contribution in [0.1, 0.15) is 36.2 Å². The Kier molecular flexibility index (Phi) is 6.96. The van der Waals surface area contributed by atoms with Crippen LogP contribution in [0, 0.1) is 5.92 Å². The van der Waals surface area contributed by atoms with Crippen LogP contribution in [0.25, 0.3) is 0 Å². The third kappa shape index (κ3) is 5.77. The number of amides is 3. The summed E-state index contributed by atoms with van der Waals surface area (Å²) in [5, 5.41) is 8.09. The zero-order chi connectivity index (χ0) is 18.9. The lowest BCUT2D eigenvalue weighted by molar-refractivity contribution is -0.120. The number of nitrogens with one attached hydrogen (secondary N) is 3. The van der Waals surface area contributed by atoms with Gasteiger partial charge >= 0.3 is 0 Å². The molecule has 0 radical (unpaired) electrons. The van der Waals surface area contributed by atoms with Crippen molar-refractivity contribution in [1.82, 2.24) is 10.6 Å². The minimum Gasteiger partial charge on any atom is -0.472 e. The van der Waals surface area contributed by atoms with Gasteiger partial charge in [0.2, 0.25) is 11.8 Å². The van der Waals surface area contributed by atoms with E-state index in [4.69, 9.17) is 4.42 Å². The maximum absolute atomic E-state index is 11.9. The van der Waals surface area contributed by atoms with Crippen molar-refractivity contribution in [2.45, 2.75) is 26.8 Å². The second-order valence-corrected chi connectivity index (χ2v) is 5.97. The summed E-state index contributed by atoms with van der Waals surface area (Å²) in [6.45, 7) is 4.00. The number of rotatable bonds is 8. The number of benzene rings is 1. The first kappa shape index (κ1) is 19.2. The number of carbonyl (C=O) groups excluding carboxylic acids is 3. The van der Waals surface area contributed by atoms with Crippen molar-refractivity contribution in [3.05, 3.63) is 54.0 Å². The van der Waals surface area contributed by atoms with Crippen LogP contribution in [-0.2, 0) is 16.1 Å². The van der Waals surface area contributed by atoms with E-state index in [0.717, 1.165) is 12.0 Å². The van der Waals surface area contributed by atoms with E-state index in [1.165, 1.54) is 18.6 Å². The molecule has 26 heavy (non-hydrogen) atoms. The second kappa shape index (κ2) is 9.41. The van der Waals surface area contributed by atoms with Gasteiger partial charge in [0.25, 0.3) is 5.91 Å². The molecule has 7 heteroatoms. The van der Waals surface area contributed by atoms with E-state index in [0.29, 0.717) is 17.8 Å². The monoisotopic (exact) mass is 357 g/mol. The zero-order valence-electron chi connectivity index (χ0n) is 14.9. The molecule has 138 valence electrons. The molecule has 2 rings (SSSR count). The number of carbonyl (C=O) groups is 3. The van der Waals surface area contributed by atoms with E-state index in [9.17, 15) is 14.4 Å². The Balaban J connectivity index is 1.79. The largest absolute Gasteiger partial charge is 0.472 e. The first-order valence-corrected chi connectivity index (χ1v) is 8.46. The third-order valence-electron chi connectivity index (χ3n) is 3.94. The molecule has 0 aliphatic heterocycles. The summed E-state index contributed by atoms with van der Waals surface area (Å²) in [7, 11) is 0. The number of hydrogen-bond donors (Lipinski definition) is 3. The highest BCUT2D eigenvalue weighted by Gasteiger charge is 2.11. The molecule has 3 amide bonds. The van der Waals surface area contributed by atoms with Gasteiger partial charge in [-0.1, -0.05) is 26.0 Å². The van der Waals surface area contributed by atoms with Gasteiger partial charge in [0, 0.05) is 18.2 Å². The molecule has 1 heterocycles. The Morgan fingerprint density at radius 2 is 1.96 bits per heavy atom. The molecular formula is C19H23N3O4. The average Bonchev–Trinajstić information content (AvgIpc) is 3.18. The smallest absolute Gasteiger partial charge is 0.254 e. The fourth-order valence-electron chi connectivity index (χ4n) is 2.13. The molecule has 1 aromatic heterocycles. The first-order valence-electron chi connectivity index (χ1n) is 8.46. The quantitative estimate of drug-likeness (QED) is 0.675. The normalized spacial score (nSPS) is 11.5. The van der Waals surface area contributed by atoms with Crippen LogP contribution in [0.15, 0.2) is 47.3 Å². The molecule has 0 fully saturated rings. The maximum atomic E-state index is 11.9. The van der Waals surface area contributed by atoms with Gasteiger partial charge in [0.05, 0.1) is 18.4 Å². The number of furan rings is 1. The van der Waals surface area contributed by atoms with Crippen LogP contribution < -0.4 is 16.0 Å². The summed E-state index contributed by atoms with van der Waals surface area (Å²) in [5.74, 6) is -0.771. The van der Waals surface area contributed by atoms with Crippen LogP contribution in [0.5, 0.6) is 0 Å². The average molecular weight is 357 g/mol. The lowest BCUT2D eigenvalue weighted by Gasteiger charge is -2.11. The topological polar surface area (TPSA) is 100 Å². The van der Waals surface area contributed by atoms with Gasteiger partial charge in [-0.2, -0.15) is 0 Å². The lowest BCUT2D eigenvalue weighted by Crippen LogP contribution is -2.36. The van der Waals surface area contributed by atoms with Crippen molar-refractivity contribution in [3.63, 3.8) is 0 Å². The number of anilines is 1. The van der Waals surface area contributed by atoms with E-state index in [1.54, 1.807) is 6.07 Å². The summed E-state index contributed by atoms with van der Waals surface area (Å²) < 4.78 is 4.82. The van der Waals surface area contributed by atoms with Gasteiger partial charge in [0.1, 0.15) is 6.26 Å². The van der Waals surface area contributed by atoms with Crippen LogP contribution in [-0.4, -0.2) is 24.3 Å². The SMILES string of the molecule is CCC(C)C(=O)Nc1cccc(CNC(=O)CNC(=O)c2ccoc2)c1. The summed E-state index contributed by atoms with van der Waals surface area (Å²) in [6, 6.07) is 8.80. The molecule has 0 aliphatic carbocycles. The highest BCUT2D eigenvalue weighted by molar-refractivity contribution is 5.96. The molecule has 7 nitrogen and oxygen atoms in total. The van der Waals surface area contributed by atoms with Gasteiger partial charge < -0.3 is 20.4 Å². The van der Waals surface area contributed by atoms with Gasteiger partial charge in [-0.05, 0) is 30.2 Å². The molecule has 2 aromatic rings. The summed E-state index contributed by atoms with van der Waals surface area (Å²) >= 11 is 0. The fraction of sp³-hybridized carbons (Fsp3) is 0.316. The van der Waals surface area contributed by atoms with Crippen LogP contribution in [0.4, 0.5) is 5.69 Å². The highest BCUT2D eigenvalue weighted by Crippen LogP contribution is 2.13. The predicted octanol–water partition coefficient (Wildman–Crippen LogP) is 2.31. The molecule has 1 atom stereocenters. The van der Waals surface area contributed by atoms with Crippen molar-refractivity contribution < 1.29 is 18.8 Å². The minimum absolute atomic E-state index is 0.0318. The fourth-order valence-corrected chi connectivity index (χ4v) is 2.13. The molecular weight excluding hydrogens is 334 g/mol. The second-order valence-electron chi connectivity index (χ2n) is 5.97. The van der Waals surface area contributed by atoms with Gasteiger partial charge in [-0.15, -0.1) is 0 Å². The van der Waals surface area contributed by atoms with Crippen molar-refractivity contribution in [1.29, 1.82) is 0 Å². The summed E-state index contributed by atoms with van der Waals surface area (Å²) in [4.78, 5) is 35.5. The molecule has 1 aromatic carbocycles. The van der Waals surface area contributed by atoms with Crippen LogP contribution >= 0.6 is 0 Å². The highest BCUT2D eigenvalue weighted by atomic mass is 16.3. The van der Waals surface area contributed by atoms with E-state index in [-0.39, 0.29) is 30.2 Å². The molecule has 0 saturated carbocycles. The van der Waals surface area contributed by atoms with E-state index >= 15 is 0 Å². The van der Waals surface area contributed by atoms with Crippen LogP contribution in [0.2, 0.25) is 0 Å². The van der Waals surface area contributed by atoms with E-state index in [1.807, 2.05) is 32.0 Å². The molecule has 0 saturated heterocycles. The standard InChI is InChI=1S/C19H23N3O4/c1-3-13(2)18(24)22-16-6-4-5-14(9-16)10-20-17(23)11-21-19(25)15-7-8-26-12-15/h4-9,12-13H,3,10-11H2,1-2H3,(H,20,23)(H,21,25)(H,22,24). The van der Waals surface area contributed by atoms with Crippen molar-refractivity contribution in [2.24, 2.45) is 5.92 Å². The molecule has 0 spiro atoms. The minimum atomic E-state index is -0.372. The van der Waals surface area contributed by atoms with Crippen molar-refractivity contribution in [3.8, 4) is 0 Å². The molecule has 1 unspecified atom stereocenters. The summed E-state index contributed by atoms with van der Waals surface area (Å²) in [6.07, 6.45) is 3.47. The third-order valence-corrected chi connectivity index (χ3v) is 3.94. The molecule has 0 aliphatic rings. The van der Waals surface area contributed by atoms with E-state index in [2.05, 4.69) is 16.0 Å². The summed E-state index contributed by atoms with van der Waals surface area (Å²) in [5.41, 5.74) is 1.90. The van der Waals surface area contributed by atoms with Gasteiger partial charge in [0.15, 0.2) is 0 Å². The molecule has 0 bridgehead atoms. The van der Waals surface area contributed by atoms with E-state index < -0.39 is 0 Å². The zero-order valence-corrected chi connectivity index (χ0v) is 14.9. The van der Waals surface area contributed by atoms with Gasteiger partial charge in [-0.25, -0.2) is 0 Å². The first-order chi connectivity index (χ1) is 12.5.